The molecule has 0 radical (unpaired) electrons. The number of aliphatic hydroxyl groups is 1. The fourth-order valence-electron chi connectivity index (χ4n) is 2.55. The molecule has 1 aromatic heterocycles. The quantitative estimate of drug-likeness (QED) is 0.707. The Hall–Kier alpha value is -1.56. The highest BCUT2D eigenvalue weighted by Crippen LogP contribution is 2.31. The molecule has 0 aliphatic heterocycles. The van der Waals surface area contributed by atoms with E-state index in [4.69, 9.17) is 4.74 Å². The van der Waals surface area contributed by atoms with Crippen LogP contribution in [-0.2, 0) is 0 Å². The molecule has 112 valence electrons. The maximum absolute atomic E-state index is 9.85. The normalized spacial score (nSPS) is 21.8. The van der Waals surface area contributed by atoms with Crippen molar-refractivity contribution in [3.8, 4) is 5.75 Å². The summed E-state index contributed by atoms with van der Waals surface area (Å²) < 4.78 is 5.40. The molecule has 2 unspecified atom stereocenters. The number of rotatable bonds is 7. The van der Waals surface area contributed by atoms with Crippen LogP contribution in [0.25, 0.3) is 0 Å². The molecule has 1 heterocycles. The van der Waals surface area contributed by atoms with Gasteiger partial charge in [-0.05, 0) is 19.3 Å². The second-order valence-corrected chi connectivity index (χ2v) is 5.17. The van der Waals surface area contributed by atoms with Gasteiger partial charge in [-0.2, -0.15) is 0 Å². The van der Waals surface area contributed by atoms with Gasteiger partial charge in [0.05, 0.1) is 13.2 Å². The topological polar surface area (TPSA) is 79.3 Å². The summed E-state index contributed by atoms with van der Waals surface area (Å²) in [6.45, 7) is 3.65. The predicted molar refractivity (Wildman–Crippen MR) is 79.2 cm³/mol. The number of methoxy groups -OCH3 is 1. The highest BCUT2D eigenvalue weighted by Gasteiger charge is 2.25. The first-order valence-corrected chi connectivity index (χ1v) is 7.31. The van der Waals surface area contributed by atoms with Crippen LogP contribution in [0, 0.1) is 5.92 Å². The summed E-state index contributed by atoms with van der Waals surface area (Å²) >= 11 is 0. The summed E-state index contributed by atoms with van der Waals surface area (Å²) in [7, 11) is 1.62. The number of aliphatic hydroxyl groups excluding tert-OH is 1. The monoisotopic (exact) mass is 280 g/mol. The lowest BCUT2D eigenvalue weighted by molar-refractivity contribution is 0.138. The Morgan fingerprint density at radius 2 is 2.05 bits per heavy atom. The van der Waals surface area contributed by atoms with Gasteiger partial charge in [-0.15, -0.1) is 0 Å². The van der Waals surface area contributed by atoms with Gasteiger partial charge in [-0.3, -0.25) is 0 Å². The zero-order valence-corrected chi connectivity index (χ0v) is 12.2. The van der Waals surface area contributed by atoms with Crippen LogP contribution < -0.4 is 15.4 Å². The molecule has 20 heavy (non-hydrogen) atoms. The number of ether oxygens (including phenoxy) is 1. The number of hydrogen-bond donors (Lipinski definition) is 3. The first-order valence-electron chi connectivity index (χ1n) is 7.31. The van der Waals surface area contributed by atoms with Gasteiger partial charge in [-0.1, -0.05) is 13.3 Å². The Kier molecular flexibility index (Phi) is 5.40. The van der Waals surface area contributed by atoms with Crippen molar-refractivity contribution in [2.45, 2.75) is 38.7 Å². The second kappa shape index (κ2) is 7.28. The zero-order chi connectivity index (χ0) is 14.4. The lowest BCUT2D eigenvalue weighted by atomic mass is 10.1. The van der Waals surface area contributed by atoms with Crippen molar-refractivity contribution in [1.29, 1.82) is 0 Å². The van der Waals surface area contributed by atoms with Crippen LogP contribution in [0.5, 0.6) is 5.75 Å². The predicted octanol–water partition coefficient (Wildman–Crippen LogP) is 1.88. The molecular formula is C14H24N4O2. The van der Waals surface area contributed by atoms with Gasteiger partial charge < -0.3 is 20.5 Å². The van der Waals surface area contributed by atoms with Gasteiger partial charge in [0, 0.05) is 19.0 Å². The molecule has 1 aliphatic carbocycles. The molecule has 3 N–H and O–H groups in total. The molecule has 1 aliphatic rings. The maximum Gasteiger partial charge on any atom is 0.204 e. The molecule has 6 heteroatoms. The highest BCUT2D eigenvalue weighted by molar-refractivity contribution is 5.63. The van der Waals surface area contributed by atoms with Crippen molar-refractivity contribution in [2.24, 2.45) is 5.92 Å². The van der Waals surface area contributed by atoms with Crippen LogP contribution in [0.2, 0.25) is 0 Å². The standard InChI is InChI=1S/C14H24N4O2/c1-3-7-15-13-12(20-2)14(18-9-17-13)16-8-10-5-4-6-11(10)19/h9-11,19H,3-8H2,1-2H3,(H2,15,16,17,18). The van der Waals surface area contributed by atoms with Gasteiger partial charge in [0.25, 0.3) is 0 Å². The van der Waals surface area contributed by atoms with E-state index in [0.717, 1.165) is 32.2 Å². The third-order valence-corrected chi connectivity index (χ3v) is 3.70. The first-order chi connectivity index (χ1) is 9.76. The van der Waals surface area contributed by atoms with Gasteiger partial charge in [0.2, 0.25) is 5.75 Å². The summed E-state index contributed by atoms with van der Waals surface area (Å²) in [5, 5.41) is 16.4. The molecule has 0 aromatic carbocycles. The minimum atomic E-state index is -0.201. The van der Waals surface area contributed by atoms with Crippen LogP contribution in [0.1, 0.15) is 32.6 Å². The lowest BCUT2D eigenvalue weighted by Gasteiger charge is -2.18. The summed E-state index contributed by atoms with van der Waals surface area (Å²) in [4.78, 5) is 8.44. The number of aromatic nitrogens is 2. The van der Waals surface area contributed by atoms with E-state index in [1.54, 1.807) is 7.11 Å². The Morgan fingerprint density at radius 3 is 2.65 bits per heavy atom. The minimum absolute atomic E-state index is 0.201. The van der Waals surface area contributed by atoms with E-state index >= 15 is 0 Å². The molecule has 1 fully saturated rings. The van der Waals surface area contributed by atoms with Gasteiger partial charge in [-0.25, -0.2) is 9.97 Å². The zero-order valence-electron chi connectivity index (χ0n) is 12.2. The van der Waals surface area contributed by atoms with Crippen molar-refractivity contribution >= 4 is 11.6 Å². The molecule has 1 saturated carbocycles. The van der Waals surface area contributed by atoms with Crippen molar-refractivity contribution in [2.75, 3.05) is 30.8 Å². The van der Waals surface area contributed by atoms with Crippen LogP contribution in [0.15, 0.2) is 6.33 Å². The van der Waals surface area contributed by atoms with E-state index in [1.165, 1.54) is 6.33 Å². The molecule has 0 amide bonds. The largest absolute Gasteiger partial charge is 0.490 e. The third-order valence-electron chi connectivity index (χ3n) is 3.70. The van der Waals surface area contributed by atoms with Gasteiger partial charge in [0.1, 0.15) is 6.33 Å². The van der Waals surface area contributed by atoms with E-state index in [-0.39, 0.29) is 6.10 Å². The Morgan fingerprint density at radius 1 is 1.30 bits per heavy atom. The summed E-state index contributed by atoms with van der Waals surface area (Å²) in [5.41, 5.74) is 0. The maximum atomic E-state index is 9.85. The average Bonchev–Trinajstić information content (AvgIpc) is 2.88. The Labute approximate surface area is 120 Å². The molecule has 0 bridgehead atoms. The van der Waals surface area contributed by atoms with Gasteiger partial charge >= 0.3 is 0 Å². The summed E-state index contributed by atoms with van der Waals surface area (Å²) in [5.74, 6) is 2.31. The van der Waals surface area contributed by atoms with Gasteiger partial charge in [0.15, 0.2) is 11.6 Å². The van der Waals surface area contributed by atoms with E-state index in [0.29, 0.717) is 29.8 Å². The molecular weight excluding hydrogens is 256 g/mol. The van der Waals surface area contributed by atoms with Crippen molar-refractivity contribution in [1.82, 2.24) is 9.97 Å². The molecule has 1 aromatic rings. The fourth-order valence-corrected chi connectivity index (χ4v) is 2.55. The van der Waals surface area contributed by atoms with E-state index in [9.17, 15) is 5.11 Å². The first kappa shape index (κ1) is 14.8. The van der Waals surface area contributed by atoms with Crippen molar-refractivity contribution < 1.29 is 9.84 Å². The summed E-state index contributed by atoms with van der Waals surface area (Å²) in [6.07, 6.45) is 5.39. The lowest BCUT2D eigenvalue weighted by Crippen LogP contribution is -2.22. The fraction of sp³-hybridized carbons (Fsp3) is 0.714. The number of hydrogen-bond acceptors (Lipinski definition) is 6. The molecule has 2 rings (SSSR count). The summed E-state index contributed by atoms with van der Waals surface area (Å²) in [6, 6.07) is 0. The van der Waals surface area contributed by atoms with E-state index in [2.05, 4.69) is 27.5 Å². The van der Waals surface area contributed by atoms with E-state index < -0.39 is 0 Å². The van der Waals surface area contributed by atoms with Crippen molar-refractivity contribution in [3.05, 3.63) is 6.33 Å². The number of nitrogens with zero attached hydrogens (tertiary/aromatic N) is 2. The van der Waals surface area contributed by atoms with Crippen molar-refractivity contribution in [3.63, 3.8) is 0 Å². The molecule has 2 atom stereocenters. The Balaban J connectivity index is 2.02. The van der Waals surface area contributed by atoms with Crippen LogP contribution >= 0.6 is 0 Å². The van der Waals surface area contributed by atoms with Crippen LogP contribution in [-0.4, -0.2) is 41.4 Å². The molecule has 0 spiro atoms. The minimum Gasteiger partial charge on any atom is -0.490 e. The molecule has 0 saturated heterocycles. The van der Waals surface area contributed by atoms with Crippen LogP contribution in [0.4, 0.5) is 11.6 Å². The van der Waals surface area contributed by atoms with E-state index in [1.807, 2.05) is 0 Å². The van der Waals surface area contributed by atoms with Crippen LogP contribution in [0.3, 0.4) is 0 Å². The highest BCUT2D eigenvalue weighted by atomic mass is 16.5. The second-order valence-electron chi connectivity index (χ2n) is 5.17. The third kappa shape index (κ3) is 3.50. The Bertz CT molecular complexity index is 428. The smallest absolute Gasteiger partial charge is 0.204 e. The molecule has 6 nitrogen and oxygen atoms in total. The number of anilines is 2. The number of nitrogens with one attached hydrogen (secondary N) is 2. The average molecular weight is 280 g/mol. The SMILES string of the molecule is CCCNc1ncnc(NCC2CCCC2O)c1OC.